The molecule has 0 bridgehead atoms. The van der Waals surface area contributed by atoms with Crippen molar-refractivity contribution in [3.8, 4) is 0 Å². The molecule has 0 spiro atoms. The number of aromatic nitrogens is 1. The van der Waals surface area contributed by atoms with Crippen molar-refractivity contribution in [2.75, 3.05) is 32.8 Å². The standard InChI is InChI=1S/C15H27N3OS/c1-2-3-15-17-14(12-20-15)11-16-10-13-4-6-18(7-5-13)8-9-19/h12-13,16,19H,2-11H2,1H3. The summed E-state index contributed by atoms with van der Waals surface area (Å²) in [4.78, 5) is 6.99. The molecule has 2 heterocycles. The molecule has 1 aliphatic rings. The molecule has 2 rings (SSSR count). The number of nitrogens with one attached hydrogen (secondary N) is 1. The molecule has 0 aromatic carbocycles. The van der Waals surface area contributed by atoms with Crippen LogP contribution in [0, 0.1) is 5.92 Å². The number of aliphatic hydroxyl groups is 1. The number of hydrogen-bond acceptors (Lipinski definition) is 5. The first-order chi connectivity index (χ1) is 9.81. The van der Waals surface area contributed by atoms with Crippen LogP contribution in [-0.4, -0.2) is 47.8 Å². The summed E-state index contributed by atoms with van der Waals surface area (Å²) in [6.07, 6.45) is 4.76. The minimum atomic E-state index is 0.285. The third-order valence-electron chi connectivity index (χ3n) is 3.93. The lowest BCUT2D eigenvalue weighted by Crippen LogP contribution is -2.38. The first kappa shape index (κ1) is 15.9. The lowest BCUT2D eigenvalue weighted by Gasteiger charge is -2.31. The van der Waals surface area contributed by atoms with Crippen LogP contribution in [0.4, 0.5) is 0 Å². The number of thiazole rings is 1. The molecular weight excluding hydrogens is 270 g/mol. The van der Waals surface area contributed by atoms with Crippen LogP contribution in [0.3, 0.4) is 0 Å². The van der Waals surface area contributed by atoms with Crippen LogP contribution in [0.25, 0.3) is 0 Å². The van der Waals surface area contributed by atoms with Gasteiger partial charge in [0.15, 0.2) is 0 Å². The molecule has 1 saturated heterocycles. The average molecular weight is 297 g/mol. The first-order valence-corrected chi connectivity index (χ1v) is 8.67. The number of hydrogen-bond donors (Lipinski definition) is 2. The summed E-state index contributed by atoms with van der Waals surface area (Å²) >= 11 is 1.78. The van der Waals surface area contributed by atoms with E-state index in [0.29, 0.717) is 0 Å². The van der Waals surface area contributed by atoms with Crippen molar-refractivity contribution < 1.29 is 5.11 Å². The van der Waals surface area contributed by atoms with E-state index in [1.54, 1.807) is 11.3 Å². The molecule has 1 aromatic heterocycles. The second kappa shape index (κ2) is 8.72. The summed E-state index contributed by atoms with van der Waals surface area (Å²) in [7, 11) is 0. The number of likely N-dealkylation sites (tertiary alicyclic amines) is 1. The normalized spacial score (nSPS) is 17.7. The molecule has 2 N–H and O–H groups in total. The summed E-state index contributed by atoms with van der Waals surface area (Å²) in [5, 5.41) is 15.9. The maximum absolute atomic E-state index is 8.93. The number of piperidine rings is 1. The summed E-state index contributed by atoms with van der Waals surface area (Å²) in [6, 6.07) is 0. The Kier molecular flexibility index (Phi) is 6.93. The highest BCUT2D eigenvalue weighted by molar-refractivity contribution is 7.09. The molecule has 0 aliphatic carbocycles. The zero-order valence-electron chi connectivity index (χ0n) is 12.5. The van der Waals surface area contributed by atoms with Crippen molar-refractivity contribution in [1.29, 1.82) is 0 Å². The molecule has 5 heteroatoms. The lowest BCUT2D eigenvalue weighted by atomic mass is 9.97. The molecule has 0 radical (unpaired) electrons. The lowest BCUT2D eigenvalue weighted by molar-refractivity contribution is 0.146. The highest BCUT2D eigenvalue weighted by Gasteiger charge is 2.18. The summed E-state index contributed by atoms with van der Waals surface area (Å²) < 4.78 is 0. The SMILES string of the molecule is CCCc1nc(CNCC2CCN(CCO)CC2)cs1. The molecule has 1 aliphatic heterocycles. The molecule has 0 unspecified atom stereocenters. The fraction of sp³-hybridized carbons (Fsp3) is 0.800. The Bertz CT molecular complexity index is 375. The van der Waals surface area contributed by atoms with Crippen LogP contribution >= 0.6 is 11.3 Å². The van der Waals surface area contributed by atoms with Gasteiger partial charge in [-0.05, 0) is 51.2 Å². The Morgan fingerprint density at radius 3 is 2.95 bits per heavy atom. The molecule has 1 aromatic rings. The highest BCUT2D eigenvalue weighted by atomic mass is 32.1. The van der Waals surface area contributed by atoms with Gasteiger partial charge < -0.3 is 15.3 Å². The van der Waals surface area contributed by atoms with Crippen LogP contribution in [0.1, 0.15) is 36.9 Å². The average Bonchev–Trinajstić information content (AvgIpc) is 2.89. The van der Waals surface area contributed by atoms with Crippen molar-refractivity contribution in [2.24, 2.45) is 5.92 Å². The number of aryl methyl sites for hydroxylation is 1. The first-order valence-electron chi connectivity index (χ1n) is 7.79. The van der Waals surface area contributed by atoms with Crippen molar-refractivity contribution in [3.63, 3.8) is 0 Å². The van der Waals surface area contributed by atoms with Gasteiger partial charge >= 0.3 is 0 Å². The van der Waals surface area contributed by atoms with Gasteiger partial charge in [-0.2, -0.15) is 0 Å². The van der Waals surface area contributed by atoms with Gasteiger partial charge in [0.2, 0.25) is 0 Å². The largest absolute Gasteiger partial charge is 0.395 e. The van der Waals surface area contributed by atoms with Crippen LogP contribution in [-0.2, 0) is 13.0 Å². The summed E-state index contributed by atoms with van der Waals surface area (Å²) in [5.74, 6) is 0.777. The van der Waals surface area contributed by atoms with Crippen molar-refractivity contribution >= 4 is 11.3 Å². The van der Waals surface area contributed by atoms with Gasteiger partial charge in [-0.15, -0.1) is 11.3 Å². The second-order valence-corrected chi connectivity index (χ2v) is 6.56. The maximum atomic E-state index is 8.93. The second-order valence-electron chi connectivity index (χ2n) is 5.62. The van der Waals surface area contributed by atoms with Crippen molar-refractivity contribution in [1.82, 2.24) is 15.2 Å². The molecule has 0 saturated carbocycles. The van der Waals surface area contributed by atoms with E-state index in [1.165, 1.54) is 30.0 Å². The van der Waals surface area contributed by atoms with E-state index >= 15 is 0 Å². The minimum absolute atomic E-state index is 0.285. The van der Waals surface area contributed by atoms with E-state index in [9.17, 15) is 0 Å². The Hall–Kier alpha value is -0.490. The van der Waals surface area contributed by atoms with Gasteiger partial charge in [0.25, 0.3) is 0 Å². The molecule has 114 valence electrons. The van der Waals surface area contributed by atoms with E-state index in [1.807, 2.05) is 0 Å². The fourth-order valence-corrected chi connectivity index (χ4v) is 3.62. The predicted molar refractivity (Wildman–Crippen MR) is 84.1 cm³/mol. The van der Waals surface area contributed by atoms with Crippen LogP contribution in [0.2, 0.25) is 0 Å². The molecule has 1 fully saturated rings. The molecular formula is C15H27N3OS. The van der Waals surface area contributed by atoms with E-state index in [0.717, 1.165) is 45.1 Å². The molecule has 20 heavy (non-hydrogen) atoms. The van der Waals surface area contributed by atoms with Crippen LogP contribution in [0.5, 0.6) is 0 Å². The number of rotatable bonds is 8. The monoisotopic (exact) mass is 297 g/mol. The van der Waals surface area contributed by atoms with Crippen molar-refractivity contribution in [2.45, 2.75) is 39.2 Å². The number of nitrogens with zero attached hydrogens (tertiary/aromatic N) is 2. The fourth-order valence-electron chi connectivity index (χ4n) is 2.72. The van der Waals surface area contributed by atoms with E-state index in [2.05, 4.69) is 27.5 Å². The van der Waals surface area contributed by atoms with Gasteiger partial charge in [0.05, 0.1) is 17.3 Å². The predicted octanol–water partition coefficient (Wildman–Crippen LogP) is 1.89. The zero-order chi connectivity index (χ0) is 14.2. The summed E-state index contributed by atoms with van der Waals surface area (Å²) in [5.41, 5.74) is 1.19. The molecule has 4 nitrogen and oxygen atoms in total. The summed E-state index contributed by atoms with van der Waals surface area (Å²) in [6.45, 7) is 7.56. The minimum Gasteiger partial charge on any atom is -0.395 e. The Labute approximate surface area is 126 Å². The number of aliphatic hydroxyl groups excluding tert-OH is 1. The van der Waals surface area contributed by atoms with Gasteiger partial charge in [-0.1, -0.05) is 6.92 Å². The van der Waals surface area contributed by atoms with Gasteiger partial charge in [0.1, 0.15) is 0 Å². The smallest absolute Gasteiger partial charge is 0.0928 e. The third kappa shape index (κ3) is 5.13. The van der Waals surface area contributed by atoms with E-state index < -0.39 is 0 Å². The Morgan fingerprint density at radius 2 is 2.25 bits per heavy atom. The number of β-amino-alcohol motifs (C(OH)–C–C–N with tert-alkyl or cyclic N) is 1. The van der Waals surface area contributed by atoms with Gasteiger partial charge in [-0.3, -0.25) is 0 Å². The van der Waals surface area contributed by atoms with Crippen molar-refractivity contribution in [3.05, 3.63) is 16.1 Å². The van der Waals surface area contributed by atoms with Crippen LogP contribution < -0.4 is 5.32 Å². The van der Waals surface area contributed by atoms with E-state index in [-0.39, 0.29) is 6.61 Å². The third-order valence-corrected chi connectivity index (χ3v) is 4.88. The molecule has 0 amide bonds. The Morgan fingerprint density at radius 1 is 1.45 bits per heavy atom. The maximum Gasteiger partial charge on any atom is 0.0928 e. The zero-order valence-corrected chi connectivity index (χ0v) is 13.3. The van der Waals surface area contributed by atoms with E-state index in [4.69, 9.17) is 5.11 Å². The highest BCUT2D eigenvalue weighted by Crippen LogP contribution is 2.16. The topological polar surface area (TPSA) is 48.4 Å². The van der Waals surface area contributed by atoms with Gasteiger partial charge in [0, 0.05) is 18.5 Å². The molecule has 0 atom stereocenters. The Balaban J connectivity index is 1.61. The van der Waals surface area contributed by atoms with Crippen LogP contribution in [0.15, 0.2) is 5.38 Å². The quantitative estimate of drug-likeness (QED) is 0.769. The van der Waals surface area contributed by atoms with Gasteiger partial charge in [-0.25, -0.2) is 4.98 Å².